The zero-order valence-electron chi connectivity index (χ0n) is 20.3. The molecule has 0 atom stereocenters. The summed E-state index contributed by atoms with van der Waals surface area (Å²) >= 11 is 0. The molecule has 1 aliphatic rings. The Balaban J connectivity index is 1.37. The van der Waals surface area contributed by atoms with Crippen LogP contribution in [-0.4, -0.2) is 54.5 Å². The van der Waals surface area contributed by atoms with E-state index in [1.54, 1.807) is 28.6 Å². The molecule has 35 heavy (non-hydrogen) atoms. The molecule has 0 radical (unpaired) electrons. The fraction of sp³-hybridized carbons (Fsp3) is 0.462. The Labute approximate surface area is 207 Å². The third-order valence-corrected chi connectivity index (χ3v) is 8.21. The maximum absolute atomic E-state index is 12.8. The summed E-state index contributed by atoms with van der Waals surface area (Å²) in [6.07, 6.45) is 4.51. The summed E-state index contributed by atoms with van der Waals surface area (Å²) in [6, 6.07) is 14.7. The van der Waals surface area contributed by atoms with E-state index in [2.05, 4.69) is 10.3 Å². The summed E-state index contributed by atoms with van der Waals surface area (Å²) in [5, 5.41) is 2.96. The van der Waals surface area contributed by atoms with Crippen LogP contribution in [0.1, 0.15) is 44.6 Å². The van der Waals surface area contributed by atoms with E-state index in [9.17, 15) is 13.2 Å². The predicted octanol–water partition coefficient (Wildman–Crippen LogP) is 4.21. The van der Waals surface area contributed by atoms with Crippen LogP contribution < -0.4 is 5.32 Å². The zero-order valence-corrected chi connectivity index (χ0v) is 21.1. The van der Waals surface area contributed by atoms with Gasteiger partial charge in [-0.2, -0.15) is 4.31 Å². The van der Waals surface area contributed by atoms with E-state index < -0.39 is 10.0 Å². The average molecular weight is 499 g/mol. The molecular weight excluding hydrogens is 464 g/mol. The molecule has 0 unspecified atom stereocenters. The van der Waals surface area contributed by atoms with E-state index in [1.807, 2.05) is 35.8 Å². The minimum Gasteiger partial charge on any atom is -0.382 e. The highest BCUT2D eigenvalue weighted by atomic mass is 32.2. The quantitative estimate of drug-likeness (QED) is 0.400. The molecule has 1 fully saturated rings. The van der Waals surface area contributed by atoms with Gasteiger partial charge in [-0.3, -0.25) is 10.1 Å². The van der Waals surface area contributed by atoms with Crippen LogP contribution in [0.15, 0.2) is 53.4 Å². The van der Waals surface area contributed by atoms with Gasteiger partial charge in [-0.1, -0.05) is 30.7 Å². The lowest BCUT2D eigenvalue weighted by atomic mass is 10.1. The van der Waals surface area contributed by atoms with Gasteiger partial charge in [-0.05, 0) is 62.4 Å². The van der Waals surface area contributed by atoms with Crippen molar-refractivity contribution < 1.29 is 17.9 Å². The molecule has 3 aromatic rings. The maximum Gasteiger partial charge on any atom is 0.243 e. The van der Waals surface area contributed by atoms with Crippen molar-refractivity contribution in [3.63, 3.8) is 0 Å². The third kappa shape index (κ3) is 6.28. The molecule has 1 aromatic heterocycles. The molecule has 9 heteroatoms. The Morgan fingerprint density at radius 2 is 1.80 bits per heavy atom. The molecule has 4 rings (SSSR count). The number of anilines is 1. The lowest BCUT2D eigenvalue weighted by Gasteiger charge is -2.25. The number of nitrogens with zero attached hydrogens (tertiary/aromatic N) is 3. The average Bonchev–Trinajstić information content (AvgIpc) is 3.23. The molecular formula is C26H34N4O4S. The smallest absolute Gasteiger partial charge is 0.243 e. The summed E-state index contributed by atoms with van der Waals surface area (Å²) in [7, 11) is -3.45. The minimum atomic E-state index is -3.45. The topological polar surface area (TPSA) is 93.5 Å². The van der Waals surface area contributed by atoms with E-state index >= 15 is 0 Å². The van der Waals surface area contributed by atoms with Crippen molar-refractivity contribution in [2.75, 3.05) is 31.6 Å². The highest BCUT2D eigenvalue weighted by Gasteiger charge is 2.25. The van der Waals surface area contributed by atoms with Gasteiger partial charge < -0.3 is 9.30 Å². The second kappa shape index (κ2) is 11.8. The van der Waals surface area contributed by atoms with E-state index in [0.29, 0.717) is 50.1 Å². The predicted molar refractivity (Wildman–Crippen MR) is 137 cm³/mol. The van der Waals surface area contributed by atoms with Crippen LogP contribution >= 0.6 is 0 Å². The summed E-state index contributed by atoms with van der Waals surface area (Å²) in [4.78, 5) is 17.7. The maximum atomic E-state index is 12.8. The van der Waals surface area contributed by atoms with Crippen LogP contribution in [0.3, 0.4) is 0 Å². The van der Waals surface area contributed by atoms with Crippen LogP contribution in [0.2, 0.25) is 0 Å². The Bertz CT molecular complexity index is 1230. The first-order valence-electron chi connectivity index (χ1n) is 12.4. The number of sulfonamides is 1. The number of hydrogen-bond donors (Lipinski definition) is 1. The second-order valence-electron chi connectivity index (χ2n) is 8.78. The number of rotatable bonds is 11. The van der Waals surface area contributed by atoms with Crippen LogP contribution in [0, 0.1) is 0 Å². The zero-order chi connectivity index (χ0) is 24.7. The molecule has 2 heterocycles. The van der Waals surface area contributed by atoms with Crippen LogP contribution in [0.4, 0.5) is 5.95 Å². The third-order valence-electron chi connectivity index (χ3n) is 6.30. The van der Waals surface area contributed by atoms with E-state index in [4.69, 9.17) is 4.74 Å². The Morgan fingerprint density at radius 1 is 1.06 bits per heavy atom. The lowest BCUT2D eigenvalue weighted by Crippen LogP contribution is -2.35. The summed E-state index contributed by atoms with van der Waals surface area (Å²) in [5.41, 5.74) is 2.73. The van der Waals surface area contributed by atoms with Gasteiger partial charge in [0.05, 0.1) is 15.9 Å². The number of benzene rings is 2. The number of aromatic nitrogens is 2. The molecule has 188 valence electrons. The van der Waals surface area contributed by atoms with Gasteiger partial charge in [-0.15, -0.1) is 0 Å². The van der Waals surface area contributed by atoms with E-state index in [-0.39, 0.29) is 12.3 Å². The van der Waals surface area contributed by atoms with Crippen LogP contribution in [-0.2, 0) is 32.5 Å². The van der Waals surface area contributed by atoms with Crippen molar-refractivity contribution in [3.8, 4) is 0 Å². The Morgan fingerprint density at radius 3 is 2.54 bits per heavy atom. The van der Waals surface area contributed by atoms with E-state index in [0.717, 1.165) is 42.3 Å². The van der Waals surface area contributed by atoms with Gasteiger partial charge >= 0.3 is 0 Å². The molecule has 1 saturated heterocycles. The molecule has 0 bridgehead atoms. The van der Waals surface area contributed by atoms with Crippen LogP contribution in [0.25, 0.3) is 11.0 Å². The first-order chi connectivity index (χ1) is 17.0. The normalized spacial score (nSPS) is 14.9. The summed E-state index contributed by atoms with van der Waals surface area (Å²) < 4.78 is 34.7. The van der Waals surface area contributed by atoms with Crippen molar-refractivity contribution in [2.45, 2.75) is 56.9 Å². The largest absolute Gasteiger partial charge is 0.382 e. The molecule has 1 amide bonds. The molecule has 2 aromatic carbocycles. The minimum absolute atomic E-state index is 0.128. The molecule has 0 spiro atoms. The highest BCUT2D eigenvalue weighted by molar-refractivity contribution is 7.89. The summed E-state index contributed by atoms with van der Waals surface area (Å²) in [5.74, 6) is 0.409. The van der Waals surface area contributed by atoms with Crippen molar-refractivity contribution in [2.24, 2.45) is 0 Å². The van der Waals surface area contributed by atoms with Crippen molar-refractivity contribution >= 4 is 32.9 Å². The van der Waals surface area contributed by atoms with Gasteiger partial charge in [0, 0.05) is 39.3 Å². The fourth-order valence-electron chi connectivity index (χ4n) is 4.39. The van der Waals surface area contributed by atoms with Gasteiger partial charge in [0.25, 0.3) is 0 Å². The Kier molecular flexibility index (Phi) is 8.54. The number of nitrogens with one attached hydrogen (secondary N) is 1. The second-order valence-corrected chi connectivity index (χ2v) is 10.7. The lowest BCUT2D eigenvalue weighted by molar-refractivity contribution is -0.116. The monoisotopic (exact) mass is 498 g/mol. The number of aryl methyl sites for hydroxylation is 2. The number of fused-ring (bicyclic) bond motifs is 1. The Hall–Kier alpha value is -2.75. The SMILES string of the molecule is CCOCCCn1c(NC(=O)CCc2ccc(S(=O)(=O)N3CCCCC3)cc2)nc2ccccc21. The number of para-hydroxylation sites is 2. The highest BCUT2D eigenvalue weighted by Crippen LogP contribution is 2.22. The van der Waals surface area contributed by atoms with Gasteiger partial charge in [0.2, 0.25) is 21.9 Å². The molecule has 1 N–H and O–H groups in total. The molecule has 1 aliphatic heterocycles. The number of imidazole rings is 1. The first kappa shape index (κ1) is 25.3. The molecule has 0 aliphatic carbocycles. The number of hydrogen-bond acceptors (Lipinski definition) is 5. The van der Waals surface area contributed by atoms with Crippen molar-refractivity contribution in [1.82, 2.24) is 13.9 Å². The van der Waals surface area contributed by atoms with E-state index in [1.165, 1.54) is 0 Å². The summed E-state index contributed by atoms with van der Waals surface area (Å²) in [6.45, 7) is 5.17. The standard InChI is InChI=1S/C26H34N4O4S/c1-2-34-20-8-19-30-24-10-5-4-9-23(24)27-26(30)28-25(31)16-13-21-11-14-22(15-12-21)35(32,33)29-17-6-3-7-18-29/h4-5,9-12,14-15H,2-3,6-8,13,16-20H2,1H3,(H,27,28,31). The van der Waals surface area contributed by atoms with Crippen LogP contribution in [0.5, 0.6) is 0 Å². The molecule has 0 saturated carbocycles. The number of carbonyl (C=O) groups excluding carboxylic acids is 1. The van der Waals surface area contributed by atoms with Gasteiger partial charge in [0.15, 0.2) is 0 Å². The first-order valence-corrected chi connectivity index (χ1v) is 13.8. The number of carbonyl (C=O) groups is 1. The number of ether oxygens (including phenoxy) is 1. The van der Waals surface area contributed by atoms with Gasteiger partial charge in [0.1, 0.15) is 0 Å². The van der Waals surface area contributed by atoms with Crippen molar-refractivity contribution in [3.05, 3.63) is 54.1 Å². The fourth-order valence-corrected chi connectivity index (χ4v) is 5.91. The number of amides is 1. The number of piperidine rings is 1. The molecule has 8 nitrogen and oxygen atoms in total. The van der Waals surface area contributed by atoms with Gasteiger partial charge in [-0.25, -0.2) is 13.4 Å². The van der Waals surface area contributed by atoms with Crippen molar-refractivity contribution in [1.29, 1.82) is 0 Å².